The van der Waals surface area contributed by atoms with Gasteiger partial charge in [0, 0.05) is 26.3 Å². The highest BCUT2D eigenvalue weighted by atomic mass is 15.1. The number of rotatable bonds is 3. The maximum Gasteiger partial charge on any atom is 0.0397 e. The third kappa shape index (κ3) is 2.81. The average molecular weight is 232 g/mol. The van der Waals surface area contributed by atoms with Crippen molar-refractivity contribution in [3.8, 4) is 0 Å². The molecule has 1 aliphatic rings. The van der Waals surface area contributed by atoms with E-state index in [2.05, 4.69) is 49.4 Å². The summed E-state index contributed by atoms with van der Waals surface area (Å²) in [6.07, 6.45) is 3.75. The molecular formula is C15H24N2. The molecule has 0 aromatic heterocycles. The molecule has 0 aliphatic carbocycles. The first-order valence-electron chi connectivity index (χ1n) is 6.73. The molecule has 17 heavy (non-hydrogen) atoms. The summed E-state index contributed by atoms with van der Waals surface area (Å²) in [4.78, 5) is 2.24. The van der Waals surface area contributed by atoms with E-state index in [9.17, 15) is 0 Å². The normalized spacial score (nSPS) is 20.3. The second-order valence-electron chi connectivity index (χ2n) is 5.18. The molecular weight excluding hydrogens is 208 g/mol. The highest BCUT2D eigenvalue weighted by molar-refractivity contribution is 5.56. The van der Waals surface area contributed by atoms with Crippen molar-refractivity contribution in [1.82, 2.24) is 5.32 Å². The maximum absolute atomic E-state index is 3.52. The Kier molecular flexibility index (Phi) is 4.06. The smallest absolute Gasteiger partial charge is 0.0397 e. The van der Waals surface area contributed by atoms with Gasteiger partial charge in [-0.3, -0.25) is 0 Å². The molecule has 0 amide bonds. The topological polar surface area (TPSA) is 15.3 Å². The summed E-state index contributed by atoms with van der Waals surface area (Å²) in [6.45, 7) is 4.54. The zero-order chi connectivity index (χ0) is 12.3. The molecule has 0 spiro atoms. The zero-order valence-corrected chi connectivity index (χ0v) is 11.3. The molecule has 1 heterocycles. The molecule has 1 aromatic rings. The van der Waals surface area contributed by atoms with Crippen LogP contribution in [0.3, 0.4) is 0 Å². The second kappa shape index (κ2) is 5.54. The maximum atomic E-state index is 3.52. The summed E-state index contributed by atoms with van der Waals surface area (Å²) >= 11 is 0. The van der Waals surface area contributed by atoms with E-state index in [4.69, 9.17) is 0 Å². The van der Waals surface area contributed by atoms with E-state index < -0.39 is 0 Å². The van der Waals surface area contributed by atoms with Crippen molar-refractivity contribution in [3.05, 3.63) is 29.3 Å². The Hall–Kier alpha value is -1.02. The first kappa shape index (κ1) is 12.4. The first-order chi connectivity index (χ1) is 8.22. The largest absolute Gasteiger partial charge is 0.377 e. The molecule has 0 saturated carbocycles. The van der Waals surface area contributed by atoms with E-state index in [0.29, 0.717) is 5.92 Å². The van der Waals surface area contributed by atoms with Gasteiger partial charge < -0.3 is 10.2 Å². The van der Waals surface area contributed by atoms with Gasteiger partial charge in [-0.25, -0.2) is 0 Å². The van der Waals surface area contributed by atoms with Gasteiger partial charge in [0.05, 0.1) is 0 Å². The van der Waals surface area contributed by atoms with E-state index in [-0.39, 0.29) is 0 Å². The Bertz CT molecular complexity index is 365. The number of aryl methyl sites for hydroxylation is 1. The third-order valence-corrected chi connectivity index (χ3v) is 3.72. The molecule has 0 radical (unpaired) electrons. The molecule has 1 atom stereocenters. The van der Waals surface area contributed by atoms with Crippen molar-refractivity contribution in [2.45, 2.75) is 32.1 Å². The van der Waals surface area contributed by atoms with Crippen molar-refractivity contribution < 1.29 is 0 Å². The van der Waals surface area contributed by atoms with E-state index in [0.717, 1.165) is 13.0 Å². The van der Waals surface area contributed by atoms with Gasteiger partial charge in [-0.1, -0.05) is 19.1 Å². The lowest BCUT2D eigenvalue weighted by molar-refractivity contribution is 0.461. The highest BCUT2D eigenvalue weighted by Crippen LogP contribution is 2.32. The Morgan fingerprint density at radius 2 is 2.18 bits per heavy atom. The van der Waals surface area contributed by atoms with Crippen molar-refractivity contribution in [3.63, 3.8) is 0 Å². The number of nitrogens with one attached hydrogen (secondary N) is 1. The van der Waals surface area contributed by atoms with Gasteiger partial charge >= 0.3 is 0 Å². The Morgan fingerprint density at radius 3 is 2.76 bits per heavy atom. The molecule has 1 fully saturated rings. The predicted octanol–water partition coefficient (Wildman–Crippen LogP) is 2.78. The summed E-state index contributed by atoms with van der Waals surface area (Å²) < 4.78 is 0. The Morgan fingerprint density at radius 1 is 1.35 bits per heavy atom. The molecule has 1 N–H and O–H groups in total. The fraction of sp³-hybridized carbons (Fsp3) is 0.600. The number of nitrogens with zero attached hydrogens (tertiary/aromatic N) is 1. The van der Waals surface area contributed by atoms with Crippen LogP contribution in [0.4, 0.5) is 5.69 Å². The summed E-state index contributed by atoms with van der Waals surface area (Å²) in [5.41, 5.74) is 4.37. The summed E-state index contributed by atoms with van der Waals surface area (Å²) in [6, 6.07) is 6.95. The summed E-state index contributed by atoms with van der Waals surface area (Å²) in [5, 5.41) is 3.52. The van der Waals surface area contributed by atoms with Crippen molar-refractivity contribution in [2.24, 2.45) is 0 Å². The van der Waals surface area contributed by atoms with Crippen LogP contribution in [0.5, 0.6) is 0 Å². The van der Waals surface area contributed by atoms with E-state index in [1.807, 2.05) is 0 Å². The third-order valence-electron chi connectivity index (χ3n) is 3.72. The molecule has 1 saturated heterocycles. The number of piperidine rings is 1. The zero-order valence-electron chi connectivity index (χ0n) is 11.3. The number of hydrogen-bond donors (Lipinski definition) is 1. The average Bonchev–Trinajstić information content (AvgIpc) is 2.39. The lowest BCUT2D eigenvalue weighted by Crippen LogP contribution is -2.29. The number of hydrogen-bond acceptors (Lipinski definition) is 2. The summed E-state index contributed by atoms with van der Waals surface area (Å²) in [5.74, 6) is 0.688. The molecule has 2 heteroatoms. The van der Waals surface area contributed by atoms with E-state index >= 15 is 0 Å². The fourth-order valence-corrected chi connectivity index (χ4v) is 2.68. The van der Waals surface area contributed by atoms with Gasteiger partial charge in [0.15, 0.2) is 0 Å². The summed E-state index contributed by atoms with van der Waals surface area (Å²) in [7, 11) is 4.28. The van der Waals surface area contributed by atoms with Crippen LogP contribution in [0.1, 0.15) is 36.8 Å². The minimum absolute atomic E-state index is 0.688. The molecule has 2 nitrogen and oxygen atoms in total. The van der Waals surface area contributed by atoms with Crippen molar-refractivity contribution >= 4 is 5.69 Å². The van der Waals surface area contributed by atoms with Gasteiger partial charge in [0.2, 0.25) is 0 Å². The Labute approximate surface area is 105 Å². The molecule has 1 aromatic carbocycles. The quantitative estimate of drug-likeness (QED) is 0.862. The van der Waals surface area contributed by atoms with Crippen LogP contribution in [0.15, 0.2) is 18.2 Å². The standard InChI is InChI=1S/C15H24N2/c1-4-12-7-8-15(17(2)3)14(10-12)13-6-5-9-16-11-13/h7-8,10,13,16H,4-6,9,11H2,1-3H3. The molecule has 1 unspecified atom stereocenters. The van der Waals surface area contributed by atoms with Gasteiger partial charge in [-0.15, -0.1) is 0 Å². The minimum Gasteiger partial charge on any atom is -0.377 e. The van der Waals surface area contributed by atoms with Crippen molar-refractivity contribution in [2.75, 3.05) is 32.1 Å². The second-order valence-corrected chi connectivity index (χ2v) is 5.18. The van der Waals surface area contributed by atoms with Gasteiger partial charge in [-0.2, -0.15) is 0 Å². The fourth-order valence-electron chi connectivity index (χ4n) is 2.68. The van der Waals surface area contributed by atoms with E-state index in [1.54, 1.807) is 0 Å². The van der Waals surface area contributed by atoms with Crippen molar-refractivity contribution in [1.29, 1.82) is 0 Å². The Balaban J connectivity index is 2.33. The predicted molar refractivity (Wildman–Crippen MR) is 75.0 cm³/mol. The highest BCUT2D eigenvalue weighted by Gasteiger charge is 2.19. The lowest BCUT2D eigenvalue weighted by atomic mass is 9.88. The van der Waals surface area contributed by atoms with Gasteiger partial charge in [-0.05, 0) is 48.9 Å². The van der Waals surface area contributed by atoms with Crippen LogP contribution < -0.4 is 10.2 Å². The monoisotopic (exact) mass is 232 g/mol. The van der Waals surface area contributed by atoms with E-state index in [1.165, 1.54) is 36.2 Å². The van der Waals surface area contributed by atoms with Gasteiger partial charge in [0.1, 0.15) is 0 Å². The molecule has 0 bridgehead atoms. The molecule has 94 valence electrons. The van der Waals surface area contributed by atoms with Crippen LogP contribution >= 0.6 is 0 Å². The lowest BCUT2D eigenvalue weighted by Gasteiger charge is -2.28. The van der Waals surface area contributed by atoms with Crippen LogP contribution in [-0.2, 0) is 6.42 Å². The minimum atomic E-state index is 0.688. The van der Waals surface area contributed by atoms with Crippen LogP contribution in [-0.4, -0.2) is 27.2 Å². The SMILES string of the molecule is CCc1ccc(N(C)C)c(C2CCCNC2)c1. The van der Waals surface area contributed by atoms with Gasteiger partial charge in [0.25, 0.3) is 0 Å². The number of anilines is 1. The van der Waals surface area contributed by atoms with Crippen LogP contribution in [0.2, 0.25) is 0 Å². The van der Waals surface area contributed by atoms with Crippen LogP contribution in [0.25, 0.3) is 0 Å². The molecule has 2 rings (SSSR count). The first-order valence-corrected chi connectivity index (χ1v) is 6.73. The van der Waals surface area contributed by atoms with Crippen LogP contribution in [0, 0.1) is 0 Å². The molecule has 1 aliphatic heterocycles. The number of benzene rings is 1.